The summed E-state index contributed by atoms with van der Waals surface area (Å²) in [5.74, 6) is -0.0814. The van der Waals surface area contributed by atoms with Crippen molar-refractivity contribution in [3.05, 3.63) is 59.7 Å². The van der Waals surface area contributed by atoms with Crippen LogP contribution in [0.3, 0.4) is 0 Å². The van der Waals surface area contributed by atoms with E-state index in [1.807, 2.05) is 48.2 Å². The second-order valence-electron chi connectivity index (χ2n) is 7.44. The Hall–Kier alpha value is -2.22. The van der Waals surface area contributed by atoms with E-state index < -0.39 is 10.0 Å². The van der Waals surface area contributed by atoms with Crippen molar-refractivity contribution in [2.45, 2.75) is 31.6 Å². The van der Waals surface area contributed by atoms with Crippen LogP contribution in [0.15, 0.2) is 53.4 Å². The Morgan fingerprint density at radius 3 is 2.28 bits per heavy atom. The molecule has 1 aliphatic rings. The Morgan fingerprint density at radius 2 is 1.66 bits per heavy atom. The summed E-state index contributed by atoms with van der Waals surface area (Å²) in [6, 6.07) is 14.8. The number of nitrogens with one attached hydrogen (secondary N) is 1. The SMILES string of the molecule is CCCc1ccc(S(=O)(=O)N2CCN(CC(=O)Nc3ccccc3C)CC2)cc1. The number of hydrogen-bond acceptors (Lipinski definition) is 4. The highest BCUT2D eigenvalue weighted by molar-refractivity contribution is 7.89. The Balaban J connectivity index is 1.54. The maximum absolute atomic E-state index is 12.9. The number of carbonyl (C=O) groups is 1. The topological polar surface area (TPSA) is 69.7 Å². The third kappa shape index (κ3) is 5.44. The third-order valence-corrected chi connectivity index (χ3v) is 7.13. The highest BCUT2D eigenvalue weighted by Gasteiger charge is 2.29. The number of aryl methyl sites for hydroxylation is 2. The van der Waals surface area contributed by atoms with Gasteiger partial charge in [0.2, 0.25) is 15.9 Å². The second kappa shape index (κ2) is 9.52. The van der Waals surface area contributed by atoms with Gasteiger partial charge in [-0.25, -0.2) is 8.42 Å². The zero-order valence-electron chi connectivity index (χ0n) is 17.1. The zero-order chi connectivity index (χ0) is 20.9. The van der Waals surface area contributed by atoms with E-state index in [1.165, 1.54) is 4.31 Å². The minimum absolute atomic E-state index is 0.0814. The molecule has 2 aromatic rings. The quantitative estimate of drug-likeness (QED) is 0.755. The molecule has 0 radical (unpaired) electrons. The lowest BCUT2D eigenvalue weighted by molar-refractivity contribution is -0.117. The largest absolute Gasteiger partial charge is 0.325 e. The Labute approximate surface area is 173 Å². The molecule has 1 saturated heterocycles. The summed E-state index contributed by atoms with van der Waals surface area (Å²) in [6.45, 7) is 6.16. The first-order valence-corrected chi connectivity index (χ1v) is 11.5. The lowest BCUT2D eigenvalue weighted by Gasteiger charge is -2.33. The van der Waals surface area contributed by atoms with Crippen LogP contribution in [-0.4, -0.2) is 56.3 Å². The number of sulfonamides is 1. The van der Waals surface area contributed by atoms with E-state index >= 15 is 0 Å². The molecule has 0 bridgehead atoms. The van der Waals surface area contributed by atoms with E-state index in [2.05, 4.69) is 12.2 Å². The molecule has 3 rings (SSSR count). The maximum atomic E-state index is 12.9. The van der Waals surface area contributed by atoms with Gasteiger partial charge in [0.15, 0.2) is 0 Å². The van der Waals surface area contributed by atoms with Crippen molar-refractivity contribution in [3.8, 4) is 0 Å². The molecule has 0 aromatic heterocycles. The van der Waals surface area contributed by atoms with Gasteiger partial charge in [-0.2, -0.15) is 4.31 Å². The normalized spacial score (nSPS) is 15.9. The Kier molecular flexibility index (Phi) is 7.05. The smallest absolute Gasteiger partial charge is 0.243 e. The van der Waals surface area contributed by atoms with Crippen LogP contribution in [0.4, 0.5) is 5.69 Å². The summed E-state index contributed by atoms with van der Waals surface area (Å²) in [5.41, 5.74) is 2.97. The van der Waals surface area contributed by atoms with Gasteiger partial charge in [-0.1, -0.05) is 43.7 Å². The van der Waals surface area contributed by atoms with Gasteiger partial charge in [0.05, 0.1) is 11.4 Å². The molecule has 1 aliphatic heterocycles. The third-order valence-electron chi connectivity index (χ3n) is 5.22. The minimum Gasteiger partial charge on any atom is -0.325 e. The second-order valence-corrected chi connectivity index (χ2v) is 9.38. The van der Waals surface area contributed by atoms with Crippen LogP contribution in [0.1, 0.15) is 24.5 Å². The number of nitrogens with zero attached hydrogens (tertiary/aromatic N) is 2. The first-order chi connectivity index (χ1) is 13.9. The van der Waals surface area contributed by atoms with Crippen LogP contribution in [0.5, 0.6) is 0 Å². The average Bonchev–Trinajstić information content (AvgIpc) is 2.71. The van der Waals surface area contributed by atoms with E-state index in [4.69, 9.17) is 0 Å². The van der Waals surface area contributed by atoms with Crippen LogP contribution >= 0.6 is 0 Å². The van der Waals surface area contributed by atoms with E-state index in [9.17, 15) is 13.2 Å². The van der Waals surface area contributed by atoms with Crippen molar-refractivity contribution in [2.75, 3.05) is 38.0 Å². The predicted octanol–water partition coefficient (Wildman–Crippen LogP) is 2.89. The molecule has 0 atom stereocenters. The van der Waals surface area contributed by atoms with Gasteiger partial charge < -0.3 is 5.32 Å². The fraction of sp³-hybridized carbons (Fsp3) is 0.409. The van der Waals surface area contributed by atoms with Gasteiger partial charge in [0.1, 0.15) is 0 Å². The summed E-state index contributed by atoms with van der Waals surface area (Å²) < 4.78 is 27.3. The monoisotopic (exact) mass is 415 g/mol. The van der Waals surface area contributed by atoms with E-state index in [-0.39, 0.29) is 12.5 Å². The van der Waals surface area contributed by atoms with Gasteiger partial charge in [-0.05, 0) is 42.7 Å². The van der Waals surface area contributed by atoms with Crippen LogP contribution < -0.4 is 5.32 Å². The zero-order valence-corrected chi connectivity index (χ0v) is 17.9. The van der Waals surface area contributed by atoms with Gasteiger partial charge in [0.25, 0.3) is 0 Å². The summed E-state index contributed by atoms with van der Waals surface area (Å²) >= 11 is 0. The number of benzene rings is 2. The molecule has 1 N–H and O–H groups in total. The summed E-state index contributed by atoms with van der Waals surface area (Å²) in [6.07, 6.45) is 1.98. The molecule has 6 nitrogen and oxygen atoms in total. The fourth-order valence-electron chi connectivity index (χ4n) is 3.50. The molecule has 0 saturated carbocycles. The maximum Gasteiger partial charge on any atom is 0.243 e. The number of piperazine rings is 1. The van der Waals surface area contributed by atoms with Crippen LogP contribution in [0, 0.1) is 6.92 Å². The van der Waals surface area contributed by atoms with Gasteiger partial charge in [-0.15, -0.1) is 0 Å². The van der Waals surface area contributed by atoms with E-state index in [0.717, 1.165) is 29.7 Å². The van der Waals surface area contributed by atoms with Crippen molar-refractivity contribution < 1.29 is 13.2 Å². The van der Waals surface area contributed by atoms with Crippen LogP contribution in [0.25, 0.3) is 0 Å². The average molecular weight is 416 g/mol. The number of para-hydroxylation sites is 1. The summed E-state index contributed by atoms with van der Waals surface area (Å²) in [7, 11) is -3.49. The highest BCUT2D eigenvalue weighted by atomic mass is 32.2. The molecule has 1 amide bonds. The summed E-state index contributed by atoms with van der Waals surface area (Å²) in [5, 5.41) is 2.93. The molecule has 0 unspecified atom stereocenters. The molecule has 156 valence electrons. The number of hydrogen-bond donors (Lipinski definition) is 1. The Bertz CT molecular complexity index is 934. The fourth-order valence-corrected chi connectivity index (χ4v) is 4.92. The number of rotatable bonds is 7. The molecule has 1 fully saturated rings. The Morgan fingerprint density at radius 1 is 1.00 bits per heavy atom. The lowest BCUT2D eigenvalue weighted by atomic mass is 10.1. The van der Waals surface area contributed by atoms with Gasteiger partial charge in [-0.3, -0.25) is 9.69 Å². The molecule has 29 heavy (non-hydrogen) atoms. The van der Waals surface area contributed by atoms with Crippen molar-refractivity contribution in [3.63, 3.8) is 0 Å². The molecule has 0 spiro atoms. The molecule has 2 aromatic carbocycles. The predicted molar refractivity (Wildman–Crippen MR) is 115 cm³/mol. The standard InChI is InChI=1S/C22H29N3O3S/c1-3-6-19-9-11-20(12-10-19)29(27,28)25-15-13-24(14-16-25)17-22(26)23-21-8-5-4-7-18(21)2/h4-5,7-12H,3,6,13-17H2,1-2H3,(H,23,26). The molecular weight excluding hydrogens is 386 g/mol. The van der Waals surface area contributed by atoms with Gasteiger partial charge >= 0.3 is 0 Å². The number of anilines is 1. The van der Waals surface area contributed by atoms with Crippen LogP contribution in [0.2, 0.25) is 0 Å². The van der Waals surface area contributed by atoms with E-state index in [0.29, 0.717) is 31.1 Å². The molecule has 7 heteroatoms. The van der Waals surface area contributed by atoms with Crippen LogP contribution in [-0.2, 0) is 21.2 Å². The van der Waals surface area contributed by atoms with Crippen molar-refractivity contribution >= 4 is 21.6 Å². The van der Waals surface area contributed by atoms with Gasteiger partial charge in [0, 0.05) is 31.9 Å². The van der Waals surface area contributed by atoms with Crippen molar-refractivity contribution in [1.29, 1.82) is 0 Å². The minimum atomic E-state index is -3.49. The van der Waals surface area contributed by atoms with Crippen molar-refractivity contribution in [1.82, 2.24) is 9.21 Å². The summed E-state index contributed by atoms with van der Waals surface area (Å²) in [4.78, 5) is 14.7. The first-order valence-electron chi connectivity index (χ1n) is 10.1. The molecular formula is C22H29N3O3S. The van der Waals surface area contributed by atoms with E-state index in [1.54, 1.807) is 12.1 Å². The molecule has 1 heterocycles. The van der Waals surface area contributed by atoms with Crippen molar-refractivity contribution in [2.24, 2.45) is 0 Å². The number of amides is 1. The highest BCUT2D eigenvalue weighted by Crippen LogP contribution is 2.19. The first kappa shape index (κ1) is 21.5. The number of carbonyl (C=O) groups excluding carboxylic acids is 1. The molecule has 0 aliphatic carbocycles. The lowest BCUT2D eigenvalue weighted by Crippen LogP contribution is -2.50.